The summed E-state index contributed by atoms with van der Waals surface area (Å²) < 4.78 is 1.27. The van der Waals surface area contributed by atoms with Crippen molar-refractivity contribution in [2.75, 3.05) is 0 Å². The van der Waals surface area contributed by atoms with Crippen molar-refractivity contribution in [3.63, 3.8) is 0 Å². The summed E-state index contributed by atoms with van der Waals surface area (Å²) in [5.74, 6) is -1.12. The van der Waals surface area contributed by atoms with Gasteiger partial charge in [0.15, 0.2) is 0 Å². The van der Waals surface area contributed by atoms with E-state index in [0.717, 1.165) is 0 Å². The third kappa shape index (κ3) is 1.87. The van der Waals surface area contributed by atoms with Gasteiger partial charge in [0.25, 0.3) is 11.4 Å². The summed E-state index contributed by atoms with van der Waals surface area (Å²) in [5, 5.41) is 18.1. The lowest BCUT2D eigenvalue weighted by atomic mass is 10.2. The number of rotatable bonds is 3. The molecule has 17 heavy (non-hydrogen) atoms. The Bertz CT molecular complexity index is 575. The van der Waals surface area contributed by atoms with Crippen molar-refractivity contribution in [2.24, 2.45) is 12.2 Å². The summed E-state index contributed by atoms with van der Waals surface area (Å²) in [6.45, 7) is 0. The smallest absolute Gasteiger partial charge is 0.382 e. The van der Waals surface area contributed by atoms with Crippen LogP contribution in [0.3, 0.4) is 0 Å². The monoisotopic (exact) mass is 234 g/mol. The van der Waals surface area contributed by atoms with Crippen LogP contribution in [0.25, 0.3) is 11.4 Å². The highest BCUT2D eigenvalue weighted by molar-refractivity contribution is 5.90. The van der Waals surface area contributed by atoms with Crippen molar-refractivity contribution in [1.82, 2.24) is 15.3 Å². The first-order valence-electron chi connectivity index (χ1n) is 4.61. The van der Waals surface area contributed by atoms with E-state index in [2.05, 4.69) is 20.5 Å². The van der Waals surface area contributed by atoms with Gasteiger partial charge in [0, 0.05) is 5.10 Å². The maximum atomic E-state index is 11.0. The molecule has 0 aliphatic rings. The molecule has 2 aromatic heterocycles. The molecule has 0 radical (unpaired) electrons. The van der Waals surface area contributed by atoms with E-state index in [1.165, 1.54) is 30.1 Å². The summed E-state index contributed by atoms with van der Waals surface area (Å²) >= 11 is 0. The lowest BCUT2D eigenvalue weighted by Gasteiger charge is -1.93. The van der Waals surface area contributed by atoms with Crippen LogP contribution in [0, 0.1) is 4.91 Å². The molecule has 0 amide bonds. The summed E-state index contributed by atoms with van der Waals surface area (Å²) in [6.07, 6.45) is 1.25. The molecule has 0 saturated carbocycles. The number of aromatic carboxylic acids is 1. The van der Waals surface area contributed by atoms with Crippen LogP contribution in [0.15, 0.2) is 23.5 Å². The second kappa shape index (κ2) is 4.08. The van der Waals surface area contributed by atoms with Crippen LogP contribution in [0.5, 0.6) is 0 Å². The minimum Gasteiger partial charge on any atom is -0.475 e. The van der Waals surface area contributed by atoms with Crippen molar-refractivity contribution >= 4 is 11.7 Å². The molecule has 8 nitrogen and oxygen atoms in total. The molecule has 2 N–H and O–H groups in total. The highest BCUT2D eigenvalue weighted by Crippen LogP contribution is 2.19. The Kier molecular flexibility index (Phi) is 2.61. The third-order valence-corrected chi connectivity index (χ3v) is 2.17. The van der Waals surface area contributed by atoms with Crippen LogP contribution in [0.1, 0.15) is 10.5 Å². The Hall–Kier alpha value is -2.64. The summed E-state index contributed by atoms with van der Waals surface area (Å²) in [6, 6.07) is 2.93. The Morgan fingerprint density at radius 2 is 2.29 bits per heavy atom. The first-order chi connectivity index (χ1) is 8.13. The molecule has 86 valence electrons. The van der Waals surface area contributed by atoms with Gasteiger partial charge in [0.2, 0.25) is 0 Å². The molecular weight excluding hydrogens is 226 g/mol. The molecular formula is C9H8N5O3+. The average Bonchev–Trinajstić information content (AvgIpc) is 2.71. The Balaban J connectivity index is 2.52. The number of carboxylic acid groups (broad SMARTS) is 1. The first kappa shape index (κ1) is 10.9. The van der Waals surface area contributed by atoms with Gasteiger partial charge in [-0.15, -0.1) is 4.91 Å². The average molecular weight is 234 g/mol. The third-order valence-electron chi connectivity index (χ3n) is 2.17. The number of aryl methyl sites for hydroxylation is 1. The van der Waals surface area contributed by atoms with Gasteiger partial charge in [-0.2, -0.15) is 4.68 Å². The van der Waals surface area contributed by atoms with Gasteiger partial charge in [-0.05, 0) is 17.3 Å². The lowest BCUT2D eigenvalue weighted by Crippen LogP contribution is -2.36. The fraction of sp³-hybridized carbons (Fsp3) is 0.111. The number of nitrogens with zero attached hydrogens (tertiary/aromatic N) is 4. The van der Waals surface area contributed by atoms with Crippen molar-refractivity contribution in [2.45, 2.75) is 0 Å². The van der Waals surface area contributed by atoms with Gasteiger partial charge in [0.05, 0.1) is 6.20 Å². The predicted octanol–water partition coefficient (Wildman–Crippen LogP) is 0.392. The molecule has 2 heterocycles. The van der Waals surface area contributed by atoms with Gasteiger partial charge in [0.1, 0.15) is 18.4 Å². The van der Waals surface area contributed by atoms with Gasteiger partial charge in [-0.25, -0.2) is 9.78 Å². The minimum absolute atomic E-state index is 0.00990. The highest BCUT2D eigenvalue weighted by atomic mass is 16.4. The molecule has 0 atom stereocenters. The minimum atomic E-state index is -1.12. The van der Waals surface area contributed by atoms with Crippen LogP contribution in [-0.2, 0) is 7.05 Å². The van der Waals surface area contributed by atoms with E-state index >= 15 is 0 Å². The highest BCUT2D eigenvalue weighted by Gasteiger charge is 2.27. The van der Waals surface area contributed by atoms with E-state index in [9.17, 15) is 9.70 Å². The zero-order valence-corrected chi connectivity index (χ0v) is 8.78. The number of nitrogens with one attached hydrogen (secondary N) is 1. The van der Waals surface area contributed by atoms with Crippen LogP contribution >= 0.6 is 0 Å². The number of carbonyl (C=O) groups is 1. The molecule has 0 unspecified atom stereocenters. The zero-order chi connectivity index (χ0) is 12.4. The van der Waals surface area contributed by atoms with Crippen LogP contribution < -0.4 is 4.68 Å². The fourth-order valence-electron chi connectivity index (χ4n) is 1.39. The lowest BCUT2D eigenvalue weighted by molar-refractivity contribution is -0.732. The summed E-state index contributed by atoms with van der Waals surface area (Å²) in [4.78, 5) is 25.2. The largest absolute Gasteiger partial charge is 0.475 e. The zero-order valence-electron chi connectivity index (χ0n) is 8.78. The topological polar surface area (TPSA) is 112 Å². The number of aromatic nitrogens is 4. The molecule has 0 aromatic carbocycles. The maximum absolute atomic E-state index is 11.0. The molecule has 0 aliphatic carbocycles. The molecule has 2 aromatic rings. The van der Waals surface area contributed by atoms with Crippen molar-refractivity contribution in [3.8, 4) is 11.4 Å². The number of H-pyrrole nitrogens is 1. The molecule has 0 bridgehead atoms. The number of nitroso groups, excluding NO2 is 1. The molecule has 8 heteroatoms. The van der Waals surface area contributed by atoms with Crippen molar-refractivity contribution in [3.05, 3.63) is 28.9 Å². The summed E-state index contributed by atoms with van der Waals surface area (Å²) in [7, 11) is 1.53. The van der Waals surface area contributed by atoms with Crippen molar-refractivity contribution in [1.29, 1.82) is 0 Å². The number of carboxylic acids is 1. The van der Waals surface area contributed by atoms with E-state index in [1.54, 1.807) is 0 Å². The number of hydrogen-bond donors (Lipinski definition) is 2. The molecule has 0 fully saturated rings. The van der Waals surface area contributed by atoms with E-state index in [-0.39, 0.29) is 17.1 Å². The Morgan fingerprint density at radius 3 is 2.82 bits per heavy atom. The molecule has 0 aliphatic heterocycles. The fourth-order valence-corrected chi connectivity index (χ4v) is 1.39. The first-order valence-corrected chi connectivity index (χ1v) is 4.61. The second-order valence-corrected chi connectivity index (χ2v) is 3.27. The molecule has 0 saturated heterocycles. The van der Waals surface area contributed by atoms with Gasteiger partial charge >= 0.3 is 5.97 Å². The van der Waals surface area contributed by atoms with Crippen molar-refractivity contribution < 1.29 is 14.6 Å². The van der Waals surface area contributed by atoms with Crippen LogP contribution in [0.4, 0.5) is 5.69 Å². The van der Waals surface area contributed by atoms with Crippen LogP contribution in [-0.4, -0.2) is 26.4 Å². The second-order valence-electron chi connectivity index (χ2n) is 3.27. The van der Waals surface area contributed by atoms with Gasteiger partial charge in [-0.1, -0.05) is 5.21 Å². The Morgan fingerprint density at radius 1 is 1.53 bits per heavy atom. The van der Waals surface area contributed by atoms with E-state index in [4.69, 9.17) is 5.11 Å². The Labute approximate surface area is 94.9 Å². The normalized spacial score (nSPS) is 10.2. The molecule has 0 spiro atoms. The number of hydrogen-bond acceptors (Lipinski definition) is 5. The number of pyridine rings is 1. The maximum Gasteiger partial charge on any atom is 0.382 e. The van der Waals surface area contributed by atoms with E-state index < -0.39 is 5.97 Å². The summed E-state index contributed by atoms with van der Waals surface area (Å²) in [5.41, 5.74) is 0.721. The number of aromatic amines is 1. The van der Waals surface area contributed by atoms with E-state index in [0.29, 0.717) is 5.69 Å². The predicted molar refractivity (Wildman–Crippen MR) is 55.4 cm³/mol. The van der Waals surface area contributed by atoms with Gasteiger partial charge < -0.3 is 5.11 Å². The quantitative estimate of drug-likeness (QED) is 0.589. The van der Waals surface area contributed by atoms with Crippen LogP contribution in [0.2, 0.25) is 0 Å². The molecule has 2 rings (SSSR count). The van der Waals surface area contributed by atoms with Gasteiger partial charge in [-0.3, -0.25) is 0 Å². The van der Waals surface area contributed by atoms with E-state index in [1.807, 2.05) is 0 Å². The standard InChI is InChI=1S/C9H7N5O3/c1-14-8(9(15)16)7(11-13-14)6-3-2-5(12-17)4-10-6/h2-4H,1H3,(H,15,16)/p+1. The SMILES string of the molecule is C[n+]1[nH]nc(-c2ccc(N=O)cn2)c1C(=O)O.